The molecule has 0 aliphatic carbocycles. The van der Waals surface area contributed by atoms with Gasteiger partial charge in [0.15, 0.2) is 6.29 Å². The van der Waals surface area contributed by atoms with E-state index in [1.165, 1.54) is 24.3 Å². The SMILES string of the molecule is COc1ccc(CO[C@H](COS(=O)(=O)c2ccc(C)cc2)[C@@H](COS(=O)(=O)c2ccc(C)cc2)OC2CCCCO2)cc1. The number of rotatable bonds is 15. The Kier molecular flexibility index (Phi) is 11.7. The van der Waals surface area contributed by atoms with E-state index < -0.39 is 51.9 Å². The molecule has 3 aromatic rings. The van der Waals surface area contributed by atoms with Crippen LogP contribution < -0.4 is 4.74 Å². The highest BCUT2D eigenvalue weighted by atomic mass is 32.2. The van der Waals surface area contributed by atoms with Crippen LogP contribution in [0.25, 0.3) is 0 Å². The van der Waals surface area contributed by atoms with E-state index in [1.807, 2.05) is 13.8 Å². The second-order valence-corrected chi connectivity index (χ2v) is 13.5. The Labute approximate surface area is 254 Å². The molecule has 1 fully saturated rings. The molecular formula is C31H38O10S2. The molecule has 1 unspecified atom stereocenters. The van der Waals surface area contributed by atoms with E-state index in [1.54, 1.807) is 55.6 Å². The lowest BCUT2D eigenvalue weighted by Crippen LogP contribution is -2.43. The van der Waals surface area contributed by atoms with E-state index in [4.69, 9.17) is 27.3 Å². The number of hydrogen-bond donors (Lipinski definition) is 0. The molecule has 1 saturated heterocycles. The van der Waals surface area contributed by atoms with Gasteiger partial charge in [-0.05, 0) is 75.1 Å². The molecule has 1 aliphatic heterocycles. The first kappa shape index (κ1) is 33.1. The van der Waals surface area contributed by atoms with Crippen LogP contribution in [0.3, 0.4) is 0 Å². The lowest BCUT2D eigenvalue weighted by atomic mass is 10.2. The first-order valence-electron chi connectivity index (χ1n) is 14.0. The summed E-state index contributed by atoms with van der Waals surface area (Å²) in [5.41, 5.74) is 2.56. The van der Waals surface area contributed by atoms with Gasteiger partial charge in [0.25, 0.3) is 20.2 Å². The second-order valence-electron chi connectivity index (χ2n) is 10.3. The van der Waals surface area contributed by atoms with Crippen LogP contribution in [0.1, 0.15) is 36.0 Å². The molecule has 0 aromatic heterocycles. The Morgan fingerprint density at radius 3 is 1.77 bits per heavy atom. The average Bonchev–Trinajstić information content (AvgIpc) is 3.00. The van der Waals surface area contributed by atoms with E-state index in [-0.39, 0.29) is 16.4 Å². The topological polar surface area (TPSA) is 124 Å². The summed E-state index contributed by atoms with van der Waals surface area (Å²) >= 11 is 0. The van der Waals surface area contributed by atoms with Gasteiger partial charge < -0.3 is 18.9 Å². The Balaban J connectivity index is 1.57. The van der Waals surface area contributed by atoms with Crippen LogP contribution in [0.2, 0.25) is 0 Å². The van der Waals surface area contributed by atoms with Gasteiger partial charge in [0.2, 0.25) is 0 Å². The zero-order valence-corrected chi connectivity index (χ0v) is 26.1. The van der Waals surface area contributed by atoms with Gasteiger partial charge in [-0.25, -0.2) is 0 Å². The van der Waals surface area contributed by atoms with Crippen molar-refractivity contribution in [1.82, 2.24) is 0 Å². The fourth-order valence-electron chi connectivity index (χ4n) is 4.29. The summed E-state index contributed by atoms with van der Waals surface area (Å²) in [4.78, 5) is -0.0297. The largest absolute Gasteiger partial charge is 0.497 e. The highest BCUT2D eigenvalue weighted by molar-refractivity contribution is 7.87. The van der Waals surface area contributed by atoms with E-state index >= 15 is 0 Å². The molecule has 12 heteroatoms. The van der Waals surface area contributed by atoms with Gasteiger partial charge in [0.05, 0.1) is 36.7 Å². The quantitative estimate of drug-likeness (QED) is 0.213. The lowest BCUT2D eigenvalue weighted by Gasteiger charge is -2.32. The molecule has 10 nitrogen and oxygen atoms in total. The summed E-state index contributed by atoms with van der Waals surface area (Å²) in [5, 5.41) is 0. The maximum Gasteiger partial charge on any atom is 0.297 e. The van der Waals surface area contributed by atoms with E-state index in [0.717, 1.165) is 29.5 Å². The van der Waals surface area contributed by atoms with Crippen LogP contribution in [0.5, 0.6) is 5.75 Å². The average molecular weight is 635 g/mol. The highest BCUT2D eigenvalue weighted by Gasteiger charge is 2.32. The van der Waals surface area contributed by atoms with Crippen molar-refractivity contribution in [3.8, 4) is 5.75 Å². The molecule has 0 N–H and O–H groups in total. The van der Waals surface area contributed by atoms with Crippen molar-refractivity contribution in [2.45, 2.75) is 68.0 Å². The number of methoxy groups -OCH3 is 1. The van der Waals surface area contributed by atoms with Gasteiger partial charge in [0.1, 0.15) is 18.0 Å². The Bertz CT molecular complexity index is 1500. The van der Waals surface area contributed by atoms with Crippen LogP contribution in [-0.2, 0) is 49.4 Å². The first-order valence-corrected chi connectivity index (χ1v) is 16.8. The van der Waals surface area contributed by atoms with Gasteiger partial charge >= 0.3 is 0 Å². The summed E-state index contributed by atoms with van der Waals surface area (Å²) in [6.07, 6.45) is -0.455. The van der Waals surface area contributed by atoms with Crippen molar-refractivity contribution in [2.24, 2.45) is 0 Å². The van der Waals surface area contributed by atoms with Gasteiger partial charge in [-0.1, -0.05) is 47.5 Å². The minimum absolute atomic E-state index is 0.0142. The Morgan fingerprint density at radius 2 is 1.28 bits per heavy atom. The molecule has 234 valence electrons. The fraction of sp³-hybridized carbons (Fsp3) is 0.419. The van der Waals surface area contributed by atoms with Crippen LogP contribution in [0, 0.1) is 13.8 Å². The Morgan fingerprint density at radius 1 is 0.744 bits per heavy atom. The number of aryl methyl sites for hydroxylation is 2. The van der Waals surface area contributed by atoms with Crippen LogP contribution in [0.15, 0.2) is 82.6 Å². The molecule has 0 spiro atoms. The van der Waals surface area contributed by atoms with Gasteiger partial charge in [-0.3, -0.25) is 8.37 Å². The molecule has 43 heavy (non-hydrogen) atoms. The van der Waals surface area contributed by atoms with Crippen molar-refractivity contribution in [2.75, 3.05) is 26.9 Å². The highest BCUT2D eigenvalue weighted by Crippen LogP contribution is 2.23. The van der Waals surface area contributed by atoms with Crippen LogP contribution >= 0.6 is 0 Å². The standard InChI is InChI=1S/C31H38O10S2/c1-23-7-15-27(16-8-23)42(32,33)39-21-29(38-20-25-11-13-26(36-3)14-12-25)30(41-31-6-4-5-19-37-31)22-40-43(34,35)28-17-9-24(2)10-18-28/h7-18,29-31H,4-6,19-22H2,1-3H3/t29-,30-,31?/m1/s1. The molecule has 1 heterocycles. The third-order valence-corrected chi connectivity index (χ3v) is 9.49. The van der Waals surface area contributed by atoms with Crippen molar-refractivity contribution < 1.29 is 44.1 Å². The molecule has 4 rings (SSSR count). The summed E-state index contributed by atoms with van der Waals surface area (Å²) in [6.45, 7) is 3.31. The van der Waals surface area contributed by atoms with Crippen molar-refractivity contribution in [1.29, 1.82) is 0 Å². The maximum atomic E-state index is 13.1. The fourth-order valence-corrected chi connectivity index (χ4v) is 6.13. The zero-order valence-electron chi connectivity index (χ0n) is 24.5. The van der Waals surface area contributed by atoms with E-state index in [9.17, 15) is 16.8 Å². The summed E-state index contributed by atoms with van der Waals surface area (Å²) in [5.74, 6) is 0.665. The smallest absolute Gasteiger partial charge is 0.297 e. The molecule has 3 aromatic carbocycles. The monoisotopic (exact) mass is 634 g/mol. The van der Waals surface area contributed by atoms with Crippen LogP contribution in [-0.4, -0.2) is 62.3 Å². The van der Waals surface area contributed by atoms with E-state index in [2.05, 4.69) is 0 Å². The summed E-state index contributed by atoms with van der Waals surface area (Å²) in [6, 6.07) is 19.7. The molecule has 0 radical (unpaired) electrons. The zero-order chi connectivity index (χ0) is 30.9. The Hall–Kier alpha value is -2.84. The van der Waals surface area contributed by atoms with E-state index in [0.29, 0.717) is 18.8 Å². The summed E-state index contributed by atoms with van der Waals surface area (Å²) < 4.78 is 86.4. The predicted molar refractivity (Wildman–Crippen MR) is 159 cm³/mol. The molecule has 0 amide bonds. The lowest BCUT2D eigenvalue weighted by molar-refractivity contribution is -0.221. The maximum absolute atomic E-state index is 13.1. The normalized spacial score (nSPS) is 17.3. The third-order valence-electron chi connectivity index (χ3n) is 6.90. The van der Waals surface area contributed by atoms with Crippen molar-refractivity contribution in [3.63, 3.8) is 0 Å². The number of benzene rings is 3. The second kappa shape index (κ2) is 15.2. The summed E-state index contributed by atoms with van der Waals surface area (Å²) in [7, 11) is -6.76. The van der Waals surface area contributed by atoms with Crippen LogP contribution in [0.4, 0.5) is 0 Å². The number of ether oxygens (including phenoxy) is 4. The predicted octanol–water partition coefficient (Wildman–Crippen LogP) is 4.92. The molecule has 0 bridgehead atoms. The third kappa shape index (κ3) is 9.83. The molecule has 3 atom stereocenters. The van der Waals surface area contributed by atoms with Gasteiger partial charge in [-0.2, -0.15) is 16.8 Å². The molecule has 1 aliphatic rings. The van der Waals surface area contributed by atoms with Gasteiger partial charge in [0, 0.05) is 6.61 Å². The van der Waals surface area contributed by atoms with Gasteiger partial charge in [-0.15, -0.1) is 0 Å². The number of hydrogen-bond acceptors (Lipinski definition) is 10. The first-order chi connectivity index (χ1) is 20.6. The minimum Gasteiger partial charge on any atom is -0.497 e. The molecule has 0 saturated carbocycles. The molecular weight excluding hydrogens is 596 g/mol. The minimum atomic E-state index is -4.16. The van der Waals surface area contributed by atoms with Crippen molar-refractivity contribution in [3.05, 3.63) is 89.5 Å². The van der Waals surface area contributed by atoms with Crippen molar-refractivity contribution >= 4 is 20.2 Å².